The summed E-state index contributed by atoms with van der Waals surface area (Å²) in [6.45, 7) is 4.24. The predicted molar refractivity (Wildman–Crippen MR) is 121 cm³/mol. The first-order valence-corrected chi connectivity index (χ1v) is 10.7. The molecule has 0 spiro atoms. The fourth-order valence-electron chi connectivity index (χ4n) is 3.84. The number of rotatable bonds is 9. The van der Waals surface area contributed by atoms with E-state index >= 15 is 0 Å². The number of carbonyl (C=O) groups excluding carboxylic acids is 2. The number of ether oxygens (including phenoxy) is 1. The lowest BCUT2D eigenvalue weighted by atomic mass is 9.98. The number of alkyl carbamates (subject to hydrolysis) is 1. The largest absolute Gasteiger partial charge is 0.481 e. The highest BCUT2D eigenvalue weighted by Gasteiger charge is 2.28. The van der Waals surface area contributed by atoms with Crippen molar-refractivity contribution in [1.82, 2.24) is 10.2 Å². The van der Waals surface area contributed by atoms with Crippen LogP contribution in [0.3, 0.4) is 0 Å². The molecule has 32 heavy (non-hydrogen) atoms. The number of carboxylic acid groups (broad SMARTS) is 1. The van der Waals surface area contributed by atoms with E-state index in [1.165, 1.54) is 17.1 Å². The van der Waals surface area contributed by atoms with Crippen LogP contribution in [0, 0.1) is 5.92 Å². The first kappa shape index (κ1) is 23.1. The van der Waals surface area contributed by atoms with Crippen molar-refractivity contribution in [1.29, 1.82) is 0 Å². The van der Waals surface area contributed by atoms with Gasteiger partial charge in [0.25, 0.3) is 0 Å². The number of hydrogen-bond acceptors (Lipinski definition) is 4. The van der Waals surface area contributed by atoms with Gasteiger partial charge in [0.2, 0.25) is 5.91 Å². The van der Waals surface area contributed by atoms with Crippen molar-refractivity contribution in [3.8, 4) is 11.1 Å². The van der Waals surface area contributed by atoms with Crippen LogP contribution in [0.25, 0.3) is 11.1 Å². The number of carbonyl (C=O) groups is 3. The molecule has 2 aromatic rings. The number of fused-ring (bicyclic) bond motifs is 3. The van der Waals surface area contributed by atoms with Gasteiger partial charge in [-0.05, 0) is 29.2 Å². The van der Waals surface area contributed by atoms with E-state index in [1.807, 2.05) is 24.3 Å². The zero-order valence-corrected chi connectivity index (χ0v) is 18.3. The molecule has 0 bridgehead atoms. The van der Waals surface area contributed by atoms with Gasteiger partial charge in [0, 0.05) is 31.6 Å². The Bertz CT molecular complexity index is 971. The van der Waals surface area contributed by atoms with E-state index in [1.54, 1.807) is 13.8 Å². The molecule has 168 valence electrons. The van der Waals surface area contributed by atoms with E-state index in [2.05, 4.69) is 29.6 Å². The lowest BCUT2D eigenvalue weighted by molar-refractivity contribution is -0.142. The summed E-state index contributed by atoms with van der Waals surface area (Å²) in [5.41, 5.74) is 4.61. The van der Waals surface area contributed by atoms with Crippen molar-refractivity contribution >= 4 is 18.0 Å². The van der Waals surface area contributed by atoms with Crippen LogP contribution in [0.4, 0.5) is 4.79 Å². The number of likely N-dealkylation sites (N-methyl/N-ethyl adjacent to an activating group) is 1. The molecule has 2 aromatic carbocycles. The Morgan fingerprint density at radius 3 is 2.25 bits per heavy atom. The van der Waals surface area contributed by atoms with E-state index in [9.17, 15) is 14.4 Å². The minimum Gasteiger partial charge on any atom is -0.481 e. The SMILES string of the molecule is CCN(CC(C)C(=O)O)C(=O)/C=C/CNC(=O)OCC1c2ccccc2-c2ccccc21. The van der Waals surface area contributed by atoms with Gasteiger partial charge in [-0.2, -0.15) is 0 Å². The van der Waals surface area contributed by atoms with Crippen molar-refractivity contribution in [3.63, 3.8) is 0 Å². The third kappa shape index (κ3) is 5.35. The highest BCUT2D eigenvalue weighted by Crippen LogP contribution is 2.44. The number of hydrogen-bond donors (Lipinski definition) is 2. The van der Waals surface area contributed by atoms with Gasteiger partial charge in [-0.25, -0.2) is 4.79 Å². The number of amides is 2. The van der Waals surface area contributed by atoms with Gasteiger partial charge in [0.15, 0.2) is 0 Å². The minimum atomic E-state index is -0.947. The Morgan fingerprint density at radius 1 is 1.09 bits per heavy atom. The van der Waals surface area contributed by atoms with E-state index < -0.39 is 18.0 Å². The number of nitrogens with zero attached hydrogens (tertiary/aromatic N) is 1. The van der Waals surface area contributed by atoms with Crippen LogP contribution in [0.1, 0.15) is 30.9 Å². The van der Waals surface area contributed by atoms with Crippen molar-refractivity contribution in [3.05, 3.63) is 71.8 Å². The summed E-state index contributed by atoms with van der Waals surface area (Å²) in [6.07, 6.45) is 2.30. The lowest BCUT2D eigenvalue weighted by Gasteiger charge is -2.21. The molecule has 1 atom stereocenters. The first-order chi connectivity index (χ1) is 15.4. The second kappa shape index (κ2) is 10.6. The van der Waals surface area contributed by atoms with E-state index in [4.69, 9.17) is 9.84 Å². The van der Waals surface area contributed by atoms with Gasteiger partial charge in [0.1, 0.15) is 6.61 Å². The molecule has 0 saturated heterocycles. The molecule has 3 rings (SSSR count). The van der Waals surface area contributed by atoms with Crippen molar-refractivity contribution in [2.24, 2.45) is 5.92 Å². The van der Waals surface area contributed by atoms with Gasteiger partial charge >= 0.3 is 12.1 Å². The summed E-state index contributed by atoms with van der Waals surface area (Å²) in [6, 6.07) is 16.2. The van der Waals surface area contributed by atoms with E-state index in [0.717, 1.165) is 22.3 Å². The predicted octanol–water partition coefficient (Wildman–Crippen LogP) is 3.65. The first-order valence-electron chi connectivity index (χ1n) is 10.7. The Kier molecular flexibility index (Phi) is 7.65. The van der Waals surface area contributed by atoms with Gasteiger partial charge in [-0.3, -0.25) is 9.59 Å². The summed E-state index contributed by atoms with van der Waals surface area (Å²) in [5.74, 6) is -1.90. The highest BCUT2D eigenvalue weighted by atomic mass is 16.5. The molecule has 0 aromatic heterocycles. The molecule has 7 nitrogen and oxygen atoms in total. The van der Waals surface area contributed by atoms with Crippen molar-refractivity contribution < 1.29 is 24.2 Å². The molecule has 0 radical (unpaired) electrons. The maximum Gasteiger partial charge on any atom is 0.407 e. The maximum atomic E-state index is 12.2. The topological polar surface area (TPSA) is 95.9 Å². The maximum absolute atomic E-state index is 12.2. The second-order valence-corrected chi connectivity index (χ2v) is 7.72. The zero-order chi connectivity index (χ0) is 23.1. The van der Waals surface area contributed by atoms with Crippen molar-refractivity contribution in [2.45, 2.75) is 19.8 Å². The fraction of sp³-hybridized carbons (Fsp3) is 0.320. The number of nitrogens with one attached hydrogen (secondary N) is 1. The summed E-state index contributed by atoms with van der Waals surface area (Å²) in [7, 11) is 0. The van der Waals surface area contributed by atoms with Gasteiger partial charge in [-0.1, -0.05) is 61.5 Å². The monoisotopic (exact) mass is 436 g/mol. The Labute approximate surface area is 187 Å². The summed E-state index contributed by atoms with van der Waals surface area (Å²) >= 11 is 0. The average molecular weight is 437 g/mol. The third-order valence-electron chi connectivity index (χ3n) is 5.58. The fourth-order valence-corrected chi connectivity index (χ4v) is 3.84. The van der Waals surface area contributed by atoms with Crippen LogP contribution in [0.2, 0.25) is 0 Å². The van der Waals surface area contributed by atoms with Crippen LogP contribution in [0.15, 0.2) is 60.7 Å². The molecule has 2 N–H and O–H groups in total. The van der Waals surface area contributed by atoms with Crippen LogP contribution < -0.4 is 5.32 Å². The smallest absolute Gasteiger partial charge is 0.407 e. The van der Waals surface area contributed by atoms with E-state index in [0.29, 0.717) is 6.54 Å². The number of carboxylic acids is 1. The second-order valence-electron chi connectivity index (χ2n) is 7.72. The molecule has 7 heteroatoms. The van der Waals surface area contributed by atoms with Gasteiger partial charge < -0.3 is 20.1 Å². The summed E-state index contributed by atoms with van der Waals surface area (Å²) < 4.78 is 5.45. The van der Waals surface area contributed by atoms with Crippen LogP contribution in [-0.4, -0.2) is 54.2 Å². The molecule has 1 aliphatic rings. The summed E-state index contributed by atoms with van der Waals surface area (Å²) in [4.78, 5) is 36.8. The van der Waals surface area contributed by atoms with Gasteiger partial charge in [-0.15, -0.1) is 0 Å². The summed E-state index contributed by atoms with van der Waals surface area (Å²) in [5, 5.41) is 11.6. The van der Waals surface area contributed by atoms with Gasteiger partial charge in [0.05, 0.1) is 5.92 Å². The number of aliphatic carboxylic acids is 1. The van der Waals surface area contributed by atoms with Crippen LogP contribution in [-0.2, 0) is 14.3 Å². The normalized spacial score (nSPS) is 13.3. The molecule has 0 aliphatic heterocycles. The van der Waals surface area contributed by atoms with Crippen molar-refractivity contribution in [2.75, 3.05) is 26.2 Å². The quantitative estimate of drug-likeness (QED) is 0.585. The standard InChI is InChI=1S/C25H28N2O5/c1-3-27(15-17(2)24(29)30)23(28)13-8-14-26-25(31)32-16-22-20-11-6-4-9-18(20)19-10-5-7-12-21(19)22/h4-13,17,22H,3,14-16H2,1-2H3,(H,26,31)(H,29,30)/b13-8+. The zero-order valence-electron chi connectivity index (χ0n) is 18.3. The lowest BCUT2D eigenvalue weighted by Crippen LogP contribution is -2.35. The molecular weight excluding hydrogens is 408 g/mol. The molecule has 0 fully saturated rings. The van der Waals surface area contributed by atoms with Crippen LogP contribution in [0.5, 0.6) is 0 Å². The minimum absolute atomic E-state index is 0.0143. The molecule has 2 amide bonds. The Hall–Kier alpha value is -3.61. The number of benzene rings is 2. The molecular formula is C25H28N2O5. The molecule has 0 saturated carbocycles. The molecule has 1 aliphatic carbocycles. The molecule has 0 heterocycles. The Morgan fingerprint density at radius 2 is 1.69 bits per heavy atom. The average Bonchev–Trinajstić information content (AvgIpc) is 3.12. The molecule has 1 unspecified atom stereocenters. The van der Waals surface area contributed by atoms with E-state index in [-0.39, 0.29) is 31.5 Å². The third-order valence-corrected chi connectivity index (χ3v) is 5.58. The Balaban J connectivity index is 1.49. The highest BCUT2D eigenvalue weighted by molar-refractivity contribution is 5.88. The van der Waals surface area contributed by atoms with Crippen LogP contribution >= 0.6 is 0 Å².